The summed E-state index contributed by atoms with van der Waals surface area (Å²) in [6.07, 6.45) is 20.7. The molecule has 0 aliphatic heterocycles. The van der Waals surface area contributed by atoms with Gasteiger partial charge in [0, 0.05) is 6.61 Å². The Labute approximate surface area is 164 Å². The first-order chi connectivity index (χ1) is 12.6. The molecule has 0 aliphatic carbocycles. The lowest BCUT2D eigenvalue weighted by atomic mass is 10.1. The molecule has 0 aromatic heterocycles. The highest BCUT2D eigenvalue weighted by Crippen LogP contribution is 2.12. The van der Waals surface area contributed by atoms with E-state index >= 15 is 0 Å². The third-order valence-electron chi connectivity index (χ3n) is 4.92. The second-order valence-corrected chi connectivity index (χ2v) is 8.03. The highest BCUT2D eigenvalue weighted by atomic mass is 16.6. The molecule has 3 heteroatoms. The Balaban J connectivity index is 3.31. The van der Waals surface area contributed by atoms with E-state index in [2.05, 4.69) is 13.8 Å². The van der Waals surface area contributed by atoms with Gasteiger partial charge in [0.2, 0.25) is 0 Å². The number of hydrogen-bond acceptors (Lipinski definition) is 3. The molecule has 0 amide bonds. The normalized spacial score (nSPS) is 13.8. The molecule has 0 aliphatic rings. The van der Waals surface area contributed by atoms with E-state index in [1.807, 2.05) is 0 Å². The van der Waals surface area contributed by atoms with Crippen LogP contribution in [0.1, 0.15) is 124 Å². The summed E-state index contributed by atoms with van der Waals surface area (Å²) >= 11 is 0. The third kappa shape index (κ3) is 20.2. The molecule has 0 fully saturated rings. The molecule has 0 radical (unpaired) electrons. The van der Waals surface area contributed by atoms with E-state index in [-0.39, 0.29) is 6.61 Å². The molecule has 0 saturated heterocycles. The zero-order valence-electron chi connectivity index (χ0n) is 18.2. The van der Waals surface area contributed by atoms with Crippen LogP contribution in [0.15, 0.2) is 0 Å². The fourth-order valence-corrected chi connectivity index (χ4v) is 3.17. The largest absolute Gasteiger partial charge is 0.376 e. The minimum atomic E-state index is -1.14. The molecular formula is C23H48O3. The van der Waals surface area contributed by atoms with Crippen LogP contribution >= 0.6 is 0 Å². The number of unbranched alkanes of at least 4 members (excludes halogenated alkanes) is 14. The summed E-state index contributed by atoms with van der Waals surface area (Å²) in [5.74, 6) is -1.14. The maximum Gasteiger partial charge on any atom is 0.186 e. The van der Waals surface area contributed by atoms with Crippen molar-refractivity contribution >= 4 is 0 Å². The van der Waals surface area contributed by atoms with Crippen LogP contribution in [0.3, 0.4) is 0 Å². The van der Waals surface area contributed by atoms with Gasteiger partial charge in [-0.2, -0.15) is 0 Å². The lowest BCUT2D eigenvalue weighted by molar-refractivity contribution is -0.220. The summed E-state index contributed by atoms with van der Waals surface area (Å²) in [7, 11) is 0. The van der Waals surface area contributed by atoms with Gasteiger partial charge in [-0.05, 0) is 19.8 Å². The maximum absolute atomic E-state index is 10.2. The summed E-state index contributed by atoms with van der Waals surface area (Å²) < 4.78 is 11.2. The van der Waals surface area contributed by atoms with Gasteiger partial charge in [0.15, 0.2) is 5.79 Å². The quantitative estimate of drug-likeness (QED) is 0.174. The molecule has 0 saturated carbocycles. The third-order valence-corrected chi connectivity index (χ3v) is 4.92. The summed E-state index contributed by atoms with van der Waals surface area (Å²) in [6.45, 7) is 7.86. The monoisotopic (exact) mass is 372 g/mol. The SMILES string of the molecule is CCCCCCCCCCOCC(C)(O)OCCCCCCCCCC. The Morgan fingerprint density at radius 1 is 0.577 bits per heavy atom. The van der Waals surface area contributed by atoms with E-state index in [0.29, 0.717) is 6.61 Å². The van der Waals surface area contributed by atoms with Gasteiger partial charge in [0.1, 0.15) is 6.61 Å². The van der Waals surface area contributed by atoms with Crippen LogP contribution in [0.4, 0.5) is 0 Å². The van der Waals surface area contributed by atoms with Gasteiger partial charge in [0.05, 0.1) is 6.61 Å². The van der Waals surface area contributed by atoms with Crippen LogP contribution in [-0.4, -0.2) is 30.7 Å². The Kier molecular flexibility index (Phi) is 19.5. The molecule has 158 valence electrons. The summed E-state index contributed by atoms with van der Waals surface area (Å²) in [6, 6.07) is 0. The van der Waals surface area contributed by atoms with Crippen molar-refractivity contribution in [3.05, 3.63) is 0 Å². The van der Waals surface area contributed by atoms with Gasteiger partial charge in [-0.3, -0.25) is 0 Å². The van der Waals surface area contributed by atoms with E-state index in [0.717, 1.165) is 19.4 Å². The molecule has 0 aromatic carbocycles. The van der Waals surface area contributed by atoms with Crippen molar-refractivity contribution in [3.63, 3.8) is 0 Å². The Morgan fingerprint density at radius 2 is 0.962 bits per heavy atom. The maximum atomic E-state index is 10.2. The van der Waals surface area contributed by atoms with Crippen molar-refractivity contribution in [1.29, 1.82) is 0 Å². The van der Waals surface area contributed by atoms with Crippen molar-refractivity contribution < 1.29 is 14.6 Å². The molecule has 0 spiro atoms. The van der Waals surface area contributed by atoms with Crippen LogP contribution in [0.5, 0.6) is 0 Å². The molecule has 0 heterocycles. The Hall–Kier alpha value is -0.120. The number of ether oxygens (including phenoxy) is 2. The smallest absolute Gasteiger partial charge is 0.186 e. The van der Waals surface area contributed by atoms with Crippen molar-refractivity contribution in [2.24, 2.45) is 0 Å². The Bertz CT molecular complexity index is 266. The molecular weight excluding hydrogens is 324 g/mol. The molecule has 0 bridgehead atoms. The van der Waals surface area contributed by atoms with Crippen LogP contribution in [0, 0.1) is 0 Å². The first-order valence-corrected chi connectivity index (χ1v) is 11.6. The standard InChI is InChI=1S/C23H48O3/c1-4-6-8-10-12-14-16-18-20-25-22-23(3,24)26-21-19-17-15-13-11-9-7-5-2/h24H,4-22H2,1-3H3. The van der Waals surface area contributed by atoms with Crippen molar-refractivity contribution in [1.82, 2.24) is 0 Å². The summed E-state index contributed by atoms with van der Waals surface area (Å²) in [5.41, 5.74) is 0. The number of hydrogen-bond donors (Lipinski definition) is 1. The fourth-order valence-electron chi connectivity index (χ4n) is 3.17. The predicted octanol–water partition coefficient (Wildman–Crippen LogP) is 7.01. The minimum Gasteiger partial charge on any atom is -0.376 e. The van der Waals surface area contributed by atoms with Crippen LogP contribution < -0.4 is 0 Å². The highest BCUT2D eigenvalue weighted by Gasteiger charge is 2.20. The second kappa shape index (κ2) is 19.6. The van der Waals surface area contributed by atoms with Crippen LogP contribution in [-0.2, 0) is 9.47 Å². The average molecular weight is 373 g/mol. The summed E-state index contributed by atoms with van der Waals surface area (Å²) in [4.78, 5) is 0. The lowest BCUT2D eigenvalue weighted by Crippen LogP contribution is -2.34. The highest BCUT2D eigenvalue weighted by molar-refractivity contribution is 4.58. The van der Waals surface area contributed by atoms with Crippen LogP contribution in [0.25, 0.3) is 0 Å². The first kappa shape index (κ1) is 25.9. The van der Waals surface area contributed by atoms with Gasteiger partial charge < -0.3 is 14.6 Å². The molecule has 1 unspecified atom stereocenters. The molecule has 0 rings (SSSR count). The van der Waals surface area contributed by atoms with Gasteiger partial charge in [0.25, 0.3) is 0 Å². The summed E-state index contributed by atoms with van der Waals surface area (Å²) in [5, 5.41) is 10.2. The van der Waals surface area contributed by atoms with Crippen LogP contribution in [0.2, 0.25) is 0 Å². The zero-order chi connectivity index (χ0) is 19.3. The molecule has 1 atom stereocenters. The topological polar surface area (TPSA) is 38.7 Å². The van der Waals surface area contributed by atoms with Crippen molar-refractivity contribution in [3.8, 4) is 0 Å². The van der Waals surface area contributed by atoms with Gasteiger partial charge in [-0.15, -0.1) is 0 Å². The number of aliphatic hydroxyl groups is 1. The van der Waals surface area contributed by atoms with Gasteiger partial charge in [-0.1, -0.05) is 104 Å². The van der Waals surface area contributed by atoms with Crippen molar-refractivity contribution in [2.45, 2.75) is 129 Å². The number of rotatable bonds is 21. The van der Waals surface area contributed by atoms with E-state index in [1.54, 1.807) is 6.92 Å². The second-order valence-electron chi connectivity index (χ2n) is 8.03. The zero-order valence-corrected chi connectivity index (χ0v) is 18.2. The van der Waals surface area contributed by atoms with Gasteiger partial charge >= 0.3 is 0 Å². The first-order valence-electron chi connectivity index (χ1n) is 11.6. The van der Waals surface area contributed by atoms with E-state index < -0.39 is 5.79 Å². The molecule has 0 aromatic rings. The fraction of sp³-hybridized carbons (Fsp3) is 1.00. The van der Waals surface area contributed by atoms with E-state index in [1.165, 1.54) is 89.9 Å². The predicted molar refractivity (Wildman–Crippen MR) is 113 cm³/mol. The van der Waals surface area contributed by atoms with Crippen molar-refractivity contribution in [2.75, 3.05) is 19.8 Å². The van der Waals surface area contributed by atoms with E-state index in [9.17, 15) is 5.11 Å². The Morgan fingerprint density at radius 3 is 1.42 bits per heavy atom. The van der Waals surface area contributed by atoms with E-state index in [4.69, 9.17) is 9.47 Å². The molecule has 26 heavy (non-hydrogen) atoms. The molecule has 3 nitrogen and oxygen atoms in total. The average Bonchev–Trinajstić information content (AvgIpc) is 2.62. The minimum absolute atomic E-state index is 0.278. The lowest BCUT2D eigenvalue weighted by Gasteiger charge is -2.23. The molecule has 1 N–H and O–H groups in total. The van der Waals surface area contributed by atoms with Gasteiger partial charge in [-0.25, -0.2) is 0 Å².